The second-order valence-corrected chi connectivity index (χ2v) is 9.71. The van der Waals surface area contributed by atoms with Crippen LogP contribution in [0.25, 0.3) is 0 Å². The van der Waals surface area contributed by atoms with Crippen LogP contribution < -0.4 is 16.0 Å². The van der Waals surface area contributed by atoms with Gasteiger partial charge in [0.1, 0.15) is 0 Å². The number of hydrazine groups is 1. The van der Waals surface area contributed by atoms with Crippen LogP contribution in [0.15, 0.2) is 42.5 Å². The Bertz CT molecular complexity index is 813. The van der Waals surface area contributed by atoms with Crippen molar-refractivity contribution >= 4 is 11.6 Å². The van der Waals surface area contributed by atoms with E-state index in [2.05, 4.69) is 45.2 Å². The minimum atomic E-state index is -0.743. The van der Waals surface area contributed by atoms with Crippen molar-refractivity contribution in [1.82, 2.24) is 20.7 Å². The van der Waals surface area contributed by atoms with Gasteiger partial charge in [-0.05, 0) is 57.6 Å². The van der Waals surface area contributed by atoms with Crippen LogP contribution in [0.5, 0.6) is 0 Å². The average molecular weight is 426 g/mol. The Morgan fingerprint density at radius 1 is 1.19 bits per heavy atom. The molecule has 31 heavy (non-hydrogen) atoms. The summed E-state index contributed by atoms with van der Waals surface area (Å²) < 4.78 is 0. The molecule has 7 heteroatoms. The molecule has 4 aliphatic rings. The number of fused-ring (bicyclic) bond motifs is 6. The molecule has 4 N–H and O–H groups in total. The zero-order valence-corrected chi connectivity index (χ0v) is 18.3. The first-order valence-corrected chi connectivity index (χ1v) is 11.8. The van der Waals surface area contributed by atoms with Crippen LogP contribution in [0.2, 0.25) is 0 Å². The van der Waals surface area contributed by atoms with Crippen molar-refractivity contribution in [3.63, 3.8) is 0 Å². The largest absolute Gasteiger partial charge is 0.389 e. The molecule has 1 aromatic carbocycles. The van der Waals surface area contributed by atoms with Crippen molar-refractivity contribution in [1.29, 1.82) is 0 Å². The number of anilines is 1. The third-order valence-electron chi connectivity index (χ3n) is 7.53. The van der Waals surface area contributed by atoms with E-state index in [0.29, 0.717) is 13.1 Å². The van der Waals surface area contributed by atoms with E-state index in [1.165, 1.54) is 0 Å². The highest BCUT2D eigenvalue weighted by Gasteiger charge is 2.52. The van der Waals surface area contributed by atoms with Gasteiger partial charge in [0.15, 0.2) is 0 Å². The number of allylic oxidation sites excluding steroid dienone is 1. The second kappa shape index (κ2) is 8.54. The zero-order valence-electron chi connectivity index (χ0n) is 18.3. The van der Waals surface area contributed by atoms with E-state index < -0.39 is 5.60 Å². The number of piperidine rings is 2. The highest BCUT2D eigenvalue weighted by Crippen LogP contribution is 2.37. The van der Waals surface area contributed by atoms with Gasteiger partial charge in [-0.2, -0.15) is 5.01 Å². The fourth-order valence-electron chi connectivity index (χ4n) is 5.81. The monoisotopic (exact) mass is 425 g/mol. The molecule has 1 amide bonds. The SMILES string of the molecule is C[C@]1(O)CC/C=C\CN2C(=O)C3CNC(Nc4ccccc4)CC3N2C2CCCC1N2. The lowest BCUT2D eigenvalue weighted by Gasteiger charge is -2.47. The predicted molar refractivity (Wildman–Crippen MR) is 121 cm³/mol. The van der Waals surface area contributed by atoms with Crippen molar-refractivity contribution in [2.75, 3.05) is 18.4 Å². The molecule has 4 aliphatic heterocycles. The predicted octanol–water partition coefficient (Wildman–Crippen LogP) is 2.03. The third-order valence-corrected chi connectivity index (χ3v) is 7.53. The summed E-state index contributed by atoms with van der Waals surface area (Å²) in [6.45, 7) is 3.24. The molecular weight excluding hydrogens is 390 g/mol. The van der Waals surface area contributed by atoms with Crippen LogP contribution in [-0.4, -0.2) is 64.1 Å². The summed E-state index contributed by atoms with van der Waals surface area (Å²) in [7, 11) is 0. The lowest BCUT2D eigenvalue weighted by atomic mass is 9.84. The number of rotatable bonds is 2. The maximum atomic E-state index is 13.4. The summed E-state index contributed by atoms with van der Waals surface area (Å²) in [6.07, 6.45) is 9.86. The standard InChI is InChI=1S/C24H35N5O2/c1-24(31)13-6-3-7-14-28-23(30)18-16-25-21(26-17-9-4-2-5-10-17)15-19(18)29(28)22-12-8-11-20(24)27-22/h2-5,7,9-10,18-22,25-27,31H,6,8,11-16H2,1H3/b7-3-/t18?,19?,20?,21?,22?,24-/m0/s1. The molecule has 0 radical (unpaired) electrons. The number of carbonyl (C=O) groups excluding carboxylic acids is 1. The summed E-state index contributed by atoms with van der Waals surface area (Å²) in [5.74, 6) is 0.183. The molecule has 7 nitrogen and oxygen atoms in total. The van der Waals surface area contributed by atoms with Gasteiger partial charge >= 0.3 is 0 Å². The first-order valence-electron chi connectivity index (χ1n) is 11.8. The molecule has 3 fully saturated rings. The average Bonchev–Trinajstić information content (AvgIpc) is 3.04. The van der Waals surface area contributed by atoms with Gasteiger partial charge in [-0.3, -0.25) is 20.4 Å². The highest BCUT2D eigenvalue weighted by molar-refractivity contribution is 5.82. The van der Waals surface area contributed by atoms with E-state index in [1.54, 1.807) is 0 Å². The highest BCUT2D eigenvalue weighted by atomic mass is 16.3. The van der Waals surface area contributed by atoms with E-state index in [0.717, 1.165) is 44.2 Å². The first-order chi connectivity index (χ1) is 15.0. The molecule has 3 saturated heterocycles. The van der Waals surface area contributed by atoms with Gasteiger partial charge in [0, 0.05) is 24.3 Å². The van der Waals surface area contributed by atoms with Gasteiger partial charge in [0.2, 0.25) is 5.91 Å². The smallest absolute Gasteiger partial charge is 0.243 e. The lowest BCUT2D eigenvalue weighted by Crippen LogP contribution is -2.64. The quantitative estimate of drug-likeness (QED) is 0.543. The Balaban J connectivity index is 1.40. The first kappa shape index (κ1) is 20.9. The van der Waals surface area contributed by atoms with Crippen LogP contribution in [0.1, 0.15) is 45.4 Å². The number of hydrogen-bond acceptors (Lipinski definition) is 6. The molecule has 6 atom stereocenters. The van der Waals surface area contributed by atoms with E-state index in [-0.39, 0.29) is 36.2 Å². The third kappa shape index (κ3) is 4.12. The van der Waals surface area contributed by atoms with Crippen LogP contribution in [-0.2, 0) is 4.79 Å². The zero-order chi connectivity index (χ0) is 21.4. The molecule has 5 rings (SSSR count). The van der Waals surface area contributed by atoms with Crippen molar-refractivity contribution in [3.8, 4) is 0 Å². The number of carbonyl (C=O) groups is 1. The summed E-state index contributed by atoms with van der Waals surface area (Å²) in [5.41, 5.74) is 0.347. The number of aliphatic hydroxyl groups is 1. The fraction of sp³-hybridized carbons (Fsp3) is 0.625. The Morgan fingerprint density at radius 3 is 2.87 bits per heavy atom. The van der Waals surface area contributed by atoms with Crippen molar-refractivity contribution in [2.24, 2.45) is 5.92 Å². The summed E-state index contributed by atoms with van der Waals surface area (Å²) >= 11 is 0. The molecule has 2 bridgehead atoms. The number of nitrogens with zero attached hydrogens (tertiary/aromatic N) is 2. The fourth-order valence-corrected chi connectivity index (χ4v) is 5.81. The van der Waals surface area contributed by atoms with Gasteiger partial charge < -0.3 is 10.4 Å². The van der Waals surface area contributed by atoms with Crippen molar-refractivity contribution < 1.29 is 9.90 Å². The second-order valence-electron chi connectivity index (χ2n) is 9.71. The molecule has 0 aliphatic carbocycles. The van der Waals surface area contributed by atoms with E-state index in [1.807, 2.05) is 30.1 Å². The van der Waals surface area contributed by atoms with Gasteiger partial charge in [-0.25, -0.2) is 0 Å². The molecule has 168 valence electrons. The van der Waals surface area contributed by atoms with Gasteiger partial charge in [0.25, 0.3) is 0 Å². The maximum Gasteiger partial charge on any atom is 0.243 e. The maximum absolute atomic E-state index is 13.4. The normalized spacial score (nSPS) is 39.9. The van der Waals surface area contributed by atoms with Gasteiger partial charge in [-0.15, -0.1) is 0 Å². The van der Waals surface area contributed by atoms with Crippen LogP contribution in [0, 0.1) is 5.92 Å². The Hall–Kier alpha value is -1.93. The molecule has 0 aromatic heterocycles. The molecule has 1 aromatic rings. The molecule has 0 spiro atoms. The molecule has 0 saturated carbocycles. The van der Waals surface area contributed by atoms with Crippen LogP contribution in [0.3, 0.4) is 0 Å². The molecule has 5 unspecified atom stereocenters. The van der Waals surface area contributed by atoms with E-state index in [9.17, 15) is 9.90 Å². The Morgan fingerprint density at radius 2 is 2.03 bits per heavy atom. The Labute approximate surface area is 184 Å². The number of para-hydroxylation sites is 1. The van der Waals surface area contributed by atoms with Crippen molar-refractivity contribution in [3.05, 3.63) is 42.5 Å². The topological polar surface area (TPSA) is 79.9 Å². The number of nitrogens with one attached hydrogen (secondary N) is 3. The summed E-state index contributed by atoms with van der Waals surface area (Å²) in [4.78, 5) is 13.4. The van der Waals surface area contributed by atoms with Crippen LogP contribution in [0.4, 0.5) is 5.69 Å². The van der Waals surface area contributed by atoms with E-state index in [4.69, 9.17) is 0 Å². The minimum Gasteiger partial charge on any atom is -0.389 e. The van der Waals surface area contributed by atoms with Crippen LogP contribution >= 0.6 is 0 Å². The summed E-state index contributed by atoms with van der Waals surface area (Å²) in [6, 6.07) is 10.4. The van der Waals surface area contributed by atoms with Gasteiger partial charge in [0.05, 0.1) is 30.4 Å². The number of amides is 1. The lowest BCUT2D eigenvalue weighted by molar-refractivity contribution is -0.146. The Kier molecular flexibility index (Phi) is 5.77. The molecule has 4 heterocycles. The minimum absolute atomic E-state index is 0.0344. The van der Waals surface area contributed by atoms with Crippen molar-refractivity contribution in [2.45, 2.75) is 75.5 Å². The number of benzene rings is 1. The number of hydrogen-bond donors (Lipinski definition) is 4. The summed E-state index contributed by atoms with van der Waals surface area (Å²) in [5, 5.41) is 26.3. The van der Waals surface area contributed by atoms with Gasteiger partial charge in [-0.1, -0.05) is 30.4 Å². The van der Waals surface area contributed by atoms with E-state index >= 15 is 0 Å². The molecular formula is C24H35N5O2.